The van der Waals surface area contributed by atoms with Crippen LogP contribution in [0.25, 0.3) is 0 Å². The fourth-order valence-corrected chi connectivity index (χ4v) is 3.77. The Kier molecular flexibility index (Phi) is 8.75. The first-order chi connectivity index (χ1) is 13.4. The van der Waals surface area contributed by atoms with E-state index < -0.39 is 10.0 Å². The monoisotopic (exact) mass is 424 g/mol. The standard InChI is InChI=1S/C19H25FN4O2S2/c1-2-22-19(23-11-4-12-27-17-9-7-16(20)8-10-17)24-14-15-5-3-6-18(13-15)28(21,25)26/h3,5-10,13H,2,4,11-12,14H2,1H3,(H2,21,25,26)(H2,22,23,24). The quantitative estimate of drug-likeness (QED) is 0.249. The molecule has 0 aliphatic heterocycles. The van der Waals surface area contributed by atoms with Crippen molar-refractivity contribution in [3.05, 3.63) is 59.9 Å². The van der Waals surface area contributed by atoms with Crippen molar-refractivity contribution in [2.45, 2.75) is 29.7 Å². The van der Waals surface area contributed by atoms with Gasteiger partial charge >= 0.3 is 0 Å². The summed E-state index contributed by atoms with van der Waals surface area (Å²) in [4.78, 5) is 5.60. The fraction of sp³-hybridized carbons (Fsp3) is 0.316. The van der Waals surface area contributed by atoms with Gasteiger partial charge in [-0.05, 0) is 61.1 Å². The summed E-state index contributed by atoms with van der Waals surface area (Å²) in [5, 5.41) is 11.6. The Labute approximate surface area is 169 Å². The van der Waals surface area contributed by atoms with Crippen molar-refractivity contribution in [3.63, 3.8) is 0 Å². The zero-order valence-electron chi connectivity index (χ0n) is 15.7. The second-order valence-electron chi connectivity index (χ2n) is 5.97. The molecule has 0 amide bonds. The molecule has 0 aliphatic carbocycles. The molecule has 0 unspecified atom stereocenters. The number of thioether (sulfide) groups is 1. The summed E-state index contributed by atoms with van der Waals surface area (Å²) in [5.74, 6) is 1.33. The van der Waals surface area contributed by atoms with E-state index in [-0.39, 0.29) is 10.7 Å². The molecule has 0 heterocycles. The van der Waals surface area contributed by atoms with Gasteiger partial charge in [0.25, 0.3) is 0 Å². The minimum atomic E-state index is -3.72. The molecule has 0 aliphatic rings. The zero-order chi connectivity index (χ0) is 20.4. The number of aliphatic imine (C=N–C) groups is 1. The average Bonchev–Trinajstić information content (AvgIpc) is 2.67. The molecule has 152 valence electrons. The van der Waals surface area contributed by atoms with Crippen molar-refractivity contribution in [1.82, 2.24) is 10.6 Å². The molecule has 0 saturated heterocycles. The summed E-state index contributed by atoms with van der Waals surface area (Å²) in [6.07, 6.45) is 0.910. The largest absolute Gasteiger partial charge is 0.357 e. The molecule has 4 N–H and O–H groups in total. The lowest BCUT2D eigenvalue weighted by atomic mass is 10.2. The zero-order valence-corrected chi connectivity index (χ0v) is 17.3. The van der Waals surface area contributed by atoms with Crippen molar-refractivity contribution in [2.75, 3.05) is 18.8 Å². The van der Waals surface area contributed by atoms with E-state index in [0.29, 0.717) is 19.0 Å². The molecule has 0 atom stereocenters. The van der Waals surface area contributed by atoms with E-state index in [1.165, 1.54) is 24.3 Å². The van der Waals surface area contributed by atoms with E-state index in [1.54, 1.807) is 36.0 Å². The van der Waals surface area contributed by atoms with Crippen LogP contribution in [0, 0.1) is 5.82 Å². The van der Waals surface area contributed by atoms with Gasteiger partial charge in [-0.15, -0.1) is 11.8 Å². The van der Waals surface area contributed by atoms with Crippen molar-refractivity contribution in [2.24, 2.45) is 10.1 Å². The minimum Gasteiger partial charge on any atom is -0.357 e. The van der Waals surface area contributed by atoms with Gasteiger partial charge in [0.15, 0.2) is 5.96 Å². The molecule has 6 nitrogen and oxygen atoms in total. The van der Waals surface area contributed by atoms with Crippen LogP contribution in [0.5, 0.6) is 0 Å². The van der Waals surface area contributed by atoms with Crippen LogP contribution in [0.2, 0.25) is 0 Å². The molecule has 0 fully saturated rings. The van der Waals surface area contributed by atoms with Crippen LogP contribution in [-0.4, -0.2) is 33.2 Å². The summed E-state index contributed by atoms with van der Waals surface area (Å²) >= 11 is 1.67. The van der Waals surface area contributed by atoms with Crippen molar-refractivity contribution < 1.29 is 12.8 Å². The normalized spacial score (nSPS) is 12.0. The van der Waals surface area contributed by atoms with Crippen LogP contribution < -0.4 is 15.8 Å². The molecule has 9 heteroatoms. The van der Waals surface area contributed by atoms with E-state index in [4.69, 9.17) is 5.14 Å². The van der Waals surface area contributed by atoms with Crippen LogP contribution >= 0.6 is 11.8 Å². The van der Waals surface area contributed by atoms with Crippen LogP contribution in [0.15, 0.2) is 63.3 Å². The highest BCUT2D eigenvalue weighted by Gasteiger charge is 2.07. The van der Waals surface area contributed by atoms with E-state index in [9.17, 15) is 12.8 Å². The second-order valence-corrected chi connectivity index (χ2v) is 8.70. The van der Waals surface area contributed by atoms with Gasteiger partial charge in [0.05, 0.1) is 11.4 Å². The highest BCUT2D eigenvalue weighted by molar-refractivity contribution is 7.99. The number of nitrogens with zero attached hydrogens (tertiary/aromatic N) is 1. The lowest BCUT2D eigenvalue weighted by Crippen LogP contribution is -2.37. The highest BCUT2D eigenvalue weighted by atomic mass is 32.2. The van der Waals surface area contributed by atoms with Crippen LogP contribution in [0.3, 0.4) is 0 Å². The third-order valence-electron chi connectivity index (χ3n) is 3.69. The Bertz CT molecular complexity index is 887. The van der Waals surface area contributed by atoms with Gasteiger partial charge in [-0.25, -0.2) is 22.9 Å². The van der Waals surface area contributed by atoms with E-state index in [2.05, 4.69) is 15.6 Å². The highest BCUT2D eigenvalue weighted by Crippen LogP contribution is 2.18. The SMILES string of the molecule is CCNC(=NCc1cccc(S(N)(=O)=O)c1)NCCCSc1ccc(F)cc1. The van der Waals surface area contributed by atoms with Gasteiger partial charge in [0.1, 0.15) is 5.82 Å². The first-order valence-electron chi connectivity index (χ1n) is 8.91. The molecule has 2 aromatic rings. The Morgan fingerprint density at radius 1 is 1.18 bits per heavy atom. The predicted octanol–water partition coefficient (Wildman–Crippen LogP) is 2.71. The molecule has 2 rings (SSSR count). The van der Waals surface area contributed by atoms with Crippen molar-refractivity contribution in [1.29, 1.82) is 0 Å². The average molecular weight is 425 g/mol. The summed E-state index contributed by atoms with van der Waals surface area (Å²) in [6.45, 7) is 3.76. The number of rotatable bonds is 9. The number of hydrogen-bond acceptors (Lipinski definition) is 4. The predicted molar refractivity (Wildman–Crippen MR) is 112 cm³/mol. The molecule has 0 spiro atoms. The summed E-state index contributed by atoms with van der Waals surface area (Å²) in [7, 11) is -3.72. The minimum absolute atomic E-state index is 0.0796. The van der Waals surface area contributed by atoms with Crippen LogP contribution in [0.1, 0.15) is 18.9 Å². The third kappa shape index (κ3) is 7.87. The molecular formula is C19H25FN4O2S2. The Morgan fingerprint density at radius 2 is 1.93 bits per heavy atom. The van der Waals surface area contributed by atoms with Gasteiger partial charge in [-0.2, -0.15) is 0 Å². The first kappa shape index (κ1) is 22.2. The number of benzene rings is 2. The van der Waals surface area contributed by atoms with Gasteiger partial charge in [0.2, 0.25) is 10.0 Å². The van der Waals surface area contributed by atoms with E-state index in [0.717, 1.165) is 29.2 Å². The maximum atomic E-state index is 12.9. The molecule has 0 saturated carbocycles. The van der Waals surface area contributed by atoms with E-state index >= 15 is 0 Å². The lowest BCUT2D eigenvalue weighted by Gasteiger charge is -2.11. The Hall–Kier alpha value is -2.10. The number of nitrogens with two attached hydrogens (primary N) is 1. The number of sulfonamides is 1. The van der Waals surface area contributed by atoms with E-state index in [1.807, 2.05) is 6.92 Å². The number of nitrogens with one attached hydrogen (secondary N) is 2. The maximum Gasteiger partial charge on any atom is 0.238 e. The van der Waals surface area contributed by atoms with Crippen molar-refractivity contribution >= 4 is 27.7 Å². The molecular weight excluding hydrogens is 399 g/mol. The fourth-order valence-electron chi connectivity index (χ4n) is 2.33. The van der Waals surface area contributed by atoms with Gasteiger partial charge in [0, 0.05) is 18.0 Å². The molecule has 0 aromatic heterocycles. The Morgan fingerprint density at radius 3 is 2.61 bits per heavy atom. The third-order valence-corrected chi connectivity index (χ3v) is 5.70. The number of hydrogen-bond donors (Lipinski definition) is 3. The van der Waals surface area contributed by atoms with Gasteiger partial charge < -0.3 is 10.6 Å². The summed E-state index contributed by atoms with van der Waals surface area (Å²) in [6, 6.07) is 12.9. The smallest absolute Gasteiger partial charge is 0.238 e. The van der Waals surface area contributed by atoms with Gasteiger partial charge in [-0.1, -0.05) is 12.1 Å². The van der Waals surface area contributed by atoms with Crippen LogP contribution in [-0.2, 0) is 16.6 Å². The van der Waals surface area contributed by atoms with Crippen LogP contribution in [0.4, 0.5) is 4.39 Å². The molecule has 0 bridgehead atoms. The molecule has 2 aromatic carbocycles. The topological polar surface area (TPSA) is 96.6 Å². The number of halogens is 1. The first-order valence-corrected chi connectivity index (χ1v) is 11.4. The lowest BCUT2D eigenvalue weighted by molar-refractivity contribution is 0.597. The number of guanidine groups is 1. The summed E-state index contributed by atoms with van der Waals surface area (Å²) in [5.41, 5.74) is 0.760. The Balaban J connectivity index is 1.82. The van der Waals surface area contributed by atoms with Gasteiger partial charge in [-0.3, -0.25) is 0 Å². The number of primary sulfonamides is 1. The second kappa shape index (κ2) is 11.0. The summed E-state index contributed by atoms with van der Waals surface area (Å²) < 4.78 is 35.8. The van der Waals surface area contributed by atoms with Crippen molar-refractivity contribution in [3.8, 4) is 0 Å². The molecule has 28 heavy (non-hydrogen) atoms. The molecule has 0 radical (unpaired) electrons. The maximum absolute atomic E-state index is 12.9.